The van der Waals surface area contributed by atoms with Crippen LogP contribution in [0.1, 0.15) is 111 Å². The predicted molar refractivity (Wildman–Crippen MR) is 287 cm³/mol. The molecule has 4 aromatic rings. The van der Waals surface area contributed by atoms with Crippen LogP contribution in [0.4, 0.5) is 0 Å². The van der Waals surface area contributed by atoms with Crippen LogP contribution in [-0.2, 0) is 51.9 Å². The number of methoxy groups -OCH3 is 1. The molecule has 7 amide bonds. The van der Waals surface area contributed by atoms with Gasteiger partial charge in [0.15, 0.2) is 0 Å². The molecule has 2 bridgehead atoms. The zero-order chi connectivity index (χ0) is 54.5. The predicted octanol–water partition coefficient (Wildman–Crippen LogP) is 5.20. The Morgan fingerprint density at radius 3 is 2.08 bits per heavy atom. The van der Waals surface area contributed by atoms with Crippen molar-refractivity contribution in [1.82, 2.24) is 50.5 Å². The van der Waals surface area contributed by atoms with Gasteiger partial charge in [-0.25, -0.2) is 4.98 Å². The van der Waals surface area contributed by atoms with Crippen molar-refractivity contribution in [2.75, 3.05) is 27.7 Å². The summed E-state index contributed by atoms with van der Waals surface area (Å²) in [5.74, 6) is -3.85. The molecule has 2 aromatic carbocycles. The molecular formula is C57H78N10O8. The SMILES string of the molecule is C=CC(C)(C)n1cc(C[C@@H]2NC(=O)[C@H](CC3CCC3)NC(=O)[C@H](CC(C)C)N3CCC[C@@H](C3=O)N(C)C(=O)[C@H](C)NC(=O)[C@H](Cc3ccc4nc(OC)ncc4c3)NC(=O)[C@H](CC(C)C)N(C)C2=O)c2ccccc21. The van der Waals surface area contributed by atoms with Crippen LogP contribution >= 0.6 is 0 Å². The number of carbonyl (C=O) groups is 7. The van der Waals surface area contributed by atoms with Crippen LogP contribution in [0.5, 0.6) is 6.01 Å². The third-order valence-electron chi connectivity index (χ3n) is 15.4. The molecule has 0 radical (unpaired) electrons. The molecule has 2 aromatic heterocycles. The summed E-state index contributed by atoms with van der Waals surface area (Å²) in [4.78, 5) is 117. The maximum Gasteiger partial charge on any atom is 0.316 e. The van der Waals surface area contributed by atoms with Crippen LogP contribution in [0.3, 0.4) is 0 Å². The van der Waals surface area contributed by atoms with E-state index in [1.807, 2.05) is 84.1 Å². The molecule has 75 heavy (non-hydrogen) atoms. The second-order valence-corrected chi connectivity index (χ2v) is 22.4. The molecule has 2 aliphatic heterocycles. The second kappa shape index (κ2) is 23.8. The molecule has 1 aliphatic carbocycles. The number of amides is 7. The number of ether oxygens (including phenoxy) is 1. The first kappa shape index (κ1) is 55.9. The van der Waals surface area contributed by atoms with E-state index in [-0.39, 0.29) is 49.6 Å². The maximum absolute atomic E-state index is 15.5. The van der Waals surface area contributed by atoms with Gasteiger partial charge in [0.25, 0.3) is 0 Å². The molecule has 1 saturated carbocycles. The van der Waals surface area contributed by atoms with Crippen LogP contribution in [0.2, 0.25) is 0 Å². The summed E-state index contributed by atoms with van der Waals surface area (Å²) >= 11 is 0. The van der Waals surface area contributed by atoms with Gasteiger partial charge >= 0.3 is 6.01 Å². The molecule has 404 valence electrons. The fourth-order valence-electron chi connectivity index (χ4n) is 10.7. The number of likely N-dealkylation sites (N-methyl/N-ethyl adjacent to an activating group) is 2. The first-order valence-electron chi connectivity index (χ1n) is 26.7. The van der Waals surface area contributed by atoms with Crippen LogP contribution in [0, 0.1) is 17.8 Å². The first-order chi connectivity index (χ1) is 35.6. The largest absolute Gasteiger partial charge is 0.467 e. The Kier molecular flexibility index (Phi) is 17.7. The van der Waals surface area contributed by atoms with Gasteiger partial charge in [0, 0.05) is 62.2 Å². The minimum absolute atomic E-state index is 0.0249. The number of aromatic nitrogens is 3. The number of hydrogen-bond donors (Lipinski definition) is 4. The lowest BCUT2D eigenvalue weighted by Gasteiger charge is -2.41. The Bertz CT molecular complexity index is 2780. The maximum atomic E-state index is 15.5. The summed E-state index contributed by atoms with van der Waals surface area (Å²) in [5, 5.41) is 13.5. The van der Waals surface area contributed by atoms with Gasteiger partial charge in [0.2, 0.25) is 41.4 Å². The van der Waals surface area contributed by atoms with Crippen LogP contribution < -0.4 is 26.0 Å². The van der Waals surface area contributed by atoms with E-state index in [0.717, 1.165) is 35.7 Å². The molecule has 4 heterocycles. The Hall–Kier alpha value is -6.85. The summed E-state index contributed by atoms with van der Waals surface area (Å²) in [6.07, 6.45) is 9.78. The molecule has 18 nitrogen and oxygen atoms in total. The molecule has 2 saturated heterocycles. The molecule has 0 unspecified atom stereocenters. The minimum Gasteiger partial charge on any atom is -0.467 e. The number of carbonyl (C=O) groups excluding carboxylic acids is 7. The summed E-state index contributed by atoms with van der Waals surface area (Å²) < 4.78 is 7.30. The van der Waals surface area contributed by atoms with Crippen molar-refractivity contribution >= 4 is 63.2 Å². The average Bonchev–Trinajstić information content (AvgIpc) is 3.74. The first-order valence-corrected chi connectivity index (χ1v) is 26.7. The van der Waals surface area contributed by atoms with E-state index >= 15 is 14.4 Å². The van der Waals surface area contributed by atoms with Gasteiger partial charge in [-0.05, 0) is 100.0 Å². The van der Waals surface area contributed by atoms with Crippen molar-refractivity contribution < 1.29 is 38.3 Å². The van der Waals surface area contributed by atoms with Gasteiger partial charge in [-0.3, -0.25) is 33.6 Å². The Labute approximate surface area is 441 Å². The van der Waals surface area contributed by atoms with Crippen molar-refractivity contribution in [3.63, 3.8) is 0 Å². The summed E-state index contributed by atoms with van der Waals surface area (Å²) in [7, 11) is 4.52. The topological polar surface area (TPSA) is 217 Å². The Morgan fingerprint density at radius 2 is 1.41 bits per heavy atom. The van der Waals surface area contributed by atoms with Crippen molar-refractivity contribution in [3.8, 4) is 6.01 Å². The number of hydrogen-bond acceptors (Lipinski definition) is 10. The highest BCUT2D eigenvalue weighted by Gasteiger charge is 2.43. The molecule has 3 fully saturated rings. The van der Waals surface area contributed by atoms with Gasteiger partial charge in [-0.2, -0.15) is 4.98 Å². The van der Waals surface area contributed by atoms with Crippen molar-refractivity contribution in [3.05, 3.63) is 78.6 Å². The van der Waals surface area contributed by atoms with E-state index in [2.05, 4.69) is 42.4 Å². The lowest BCUT2D eigenvalue weighted by molar-refractivity contribution is -0.153. The van der Waals surface area contributed by atoms with Crippen molar-refractivity contribution in [1.29, 1.82) is 0 Å². The van der Waals surface area contributed by atoms with Gasteiger partial charge in [0.1, 0.15) is 42.3 Å². The van der Waals surface area contributed by atoms with Crippen LogP contribution in [-0.4, -0.2) is 141 Å². The summed E-state index contributed by atoms with van der Waals surface area (Å²) in [6.45, 7) is 17.7. The lowest BCUT2D eigenvalue weighted by Crippen LogP contribution is -2.62. The van der Waals surface area contributed by atoms with E-state index in [9.17, 15) is 19.2 Å². The van der Waals surface area contributed by atoms with Crippen LogP contribution in [0.25, 0.3) is 21.8 Å². The van der Waals surface area contributed by atoms with E-state index < -0.39 is 89.2 Å². The number of benzene rings is 2. The Morgan fingerprint density at radius 1 is 0.760 bits per heavy atom. The van der Waals surface area contributed by atoms with Gasteiger partial charge in [-0.15, -0.1) is 6.58 Å². The van der Waals surface area contributed by atoms with E-state index in [1.165, 1.54) is 42.8 Å². The quantitative estimate of drug-likeness (QED) is 0.128. The highest BCUT2D eigenvalue weighted by Crippen LogP contribution is 2.33. The summed E-state index contributed by atoms with van der Waals surface area (Å²) in [6, 6.07) is 5.62. The number of rotatable bonds is 13. The van der Waals surface area contributed by atoms with E-state index in [4.69, 9.17) is 4.74 Å². The monoisotopic (exact) mass is 1030 g/mol. The molecule has 0 spiro atoms. The number of fused-ring (bicyclic) bond motifs is 4. The summed E-state index contributed by atoms with van der Waals surface area (Å²) in [5.41, 5.74) is 2.38. The minimum atomic E-state index is -1.26. The van der Waals surface area contributed by atoms with Gasteiger partial charge < -0.3 is 45.3 Å². The second-order valence-electron chi connectivity index (χ2n) is 22.4. The number of nitrogens with zero attached hydrogens (tertiary/aromatic N) is 6. The standard InChI is InChI=1S/C57H78N10O8/c1-12-57(7,8)67-32-39(40-19-13-14-20-45(40)67)30-44-54(73)65(10)47(25-33(2)3)51(70)60-43(29-37-22-23-41-38(27-37)31-58-56(63-41)75-11)49(68)59-35(6)53(72)64(9)46-21-16-24-66(55(46)74)48(26-34(4)5)52(71)61-42(50(69)62-44)28-36-17-15-18-36/h12-14,19-20,22-23,27,31-36,42-44,46-48H,1,15-18,21,24-26,28-30H2,2-11H3,(H,59,68)(H,60,70)(H,61,71)(H,62,69)/t35-,42-,43-,44-,46-,47-,48-/m0/s1. The zero-order valence-electron chi connectivity index (χ0n) is 45.5. The van der Waals surface area contributed by atoms with E-state index in [1.54, 1.807) is 18.3 Å². The number of nitrogens with one attached hydrogen (secondary N) is 4. The van der Waals surface area contributed by atoms with Crippen LogP contribution in [0.15, 0.2) is 67.5 Å². The van der Waals surface area contributed by atoms with Crippen molar-refractivity contribution in [2.45, 2.75) is 161 Å². The fourth-order valence-corrected chi connectivity index (χ4v) is 10.7. The van der Waals surface area contributed by atoms with Gasteiger partial charge in [0.05, 0.1) is 18.2 Å². The molecule has 3 aliphatic rings. The molecule has 7 atom stereocenters. The third kappa shape index (κ3) is 12.8. The van der Waals surface area contributed by atoms with E-state index in [0.29, 0.717) is 42.1 Å². The number of allylic oxidation sites excluding steroid dienone is 1. The number of para-hydroxylation sites is 1. The fraction of sp³-hybridized carbons (Fsp3) is 0.561. The highest BCUT2D eigenvalue weighted by molar-refractivity contribution is 5.99. The Balaban J connectivity index is 1.34. The van der Waals surface area contributed by atoms with Gasteiger partial charge in [-0.1, -0.05) is 77.3 Å². The molecular weight excluding hydrogens is 953 g/mol. The average molecular weight is 1030 g/mol. The molecule has 4 N–H and O–H groups in total. The normalized spacial score (nSPS) is 24.5. The molecule has 7 rings (SSSR count). The highest BCUT2D eigenvalue weighted by atomic mass is 16.5. The third-order valence-corrected chi connectivity index (χ3v) is 15.4. The molecule has 18 heteroatoms. The van der Waals surface area contributed by atoms with Crippen molar-refractivity contribution in [2.24, 2.45) is 17.8 Å². The lowest BCUT2D eigenvalue weighted by atomic mass is 9.80. The number of piperidine rings is 1. The zero-order valence-corrected chi connectivity index (χ0v) is 45.5. The smallest absolute Gasteiger partial charge is 0.316 e.